The van der Waals surface area contributed by atoms with Crippen molar-refractivity contribution < 1.29 is 0 Å². The number of nitrogens with zero attached hydrogens (tertiary/aromatic N) is 4. The van der Waals surface area contributed by atoms with E-state index in [1.54, 1.807) is 0 Å². The van der Waals surface area contributed by atoms with E-state index in [0.717, 1.165) is 44.6 Å². The molecule has 1 saturated heterocycles. The molecule has 1 atom stereocenters. The van der Waals surface area contributed by atoms with Gasteiger partial charge < -0.3 is 5.73 Å². The summed E-state index contributed by atoms with van der Waals surface area (Å²) in [6.45, 7) is 2.73. The molecule has 0 radical (unpaired) electrons. The first kappa shape index (κ1) is 18.8. The van der Waals surface area contributed by atoms with Crippen LogP contribution >= 0.6 is 0 Å². The number of benzene rings is 1. The Hall–Kier alpha value is -2.50. The average Bonchev–Trinajstić information content (AvgIpc) is 3.28. The third-order valence-corrected chi connectivity index (χ3v) is 5.62. The Morgan fingerprint density at radius 1 is 1.00 bits per heavy atom. The predicted octanol–water partition coefficient (Wildman–Crippen LogP) is 3.89. The number of pyridine rings is 1. The minimum absolute atomic E-state index is 0.369. The molecule has 1 aromatic carbocycles. The van der Waals surface area contributed by atoms with Gasteiger partial charge in [-0.3, -0.25) is 9.88 Å². The first-order valence-electron chi connectivity index (χ1n) is 10.3. The quantitative estimate of drug-likeness (QED) is 0.681. The zero-order valence-electron chi connectivity index (χ0n) is 16.4. The molecule has 1 unspecified atom stereocenters. The predicted molar refractivity (Wildman–Crippen MR) is 112 cm³/mol. The summed E-state index contributed by atoms with van der Waals surface area (Å²) in [5.74, 6) is 0. The van der Waals surface area contributed by atoms with Crippen LogP contribution in [0.3, 0.4) is 0 Å². The van der Waals surface area contributed by atoms with Crippen molar-refractivity contribution in [3.63, 3.8) is 0 Å². The van der Waals surface area contributed by atoms with Gasteiger partial charge in [0.1, 0.15) is 0 Å². The Balaban J connectivity index is 1.61. The molecule has 5 heteroatoms. The summed E-state index contributed by atoms with van der Waals surface area (Å²) >= 11 is 0. The molecule has 3 aromatic rings. The number of rotatable bonds is 7. The second kappa shape index (κ2) is 9.13. The molecule has 0 bridgehead atoms. The van der Waals surface area contributed by atoms with E-state index < -0.39 is 0 Å². The van der Waals surface area contributed by atoms with Gasteiger partial charge in [-0.2, -0.15) is 5.10 Å². The monoisotopic (exact) mass is 375 g/mol. The number of hydrogen-bond donors (Lipinski definition) is 1. The number of para-hydroxylation sites is 1. The van der Waals surface area contributed by atoms with Gasteiger partial charge in [-0.05, 0) is 68.1 Å². The number of likely N-dealkylation sites (tertiary alicyclic amines) is 1. The maximum Gasteiger partial charge on any atom is 0.0690 e. The van der Waals surface area contributed by atoms with Crippen LogP contribution in [-0.2, 0) is 13.0 Å². The highest BCUT2D eigenvalue weighted by Crippen LogP contribution is 2.33. The van der Waals surface area contributed by atoms with Crippen LogP contribution in [0.5, 0.6) is 0 Å². The van der Waals surface area contributed by atoms with Gasteiger partial charge in [-0.15, -0.1) is 0 Å². The van der Waals surface area contributed by atoms with Crippen LogP contribution in [0, 0.1) is 0 Å². The lowest BCUT2D eigenvalue weighted by atomic mass is 9.93. The standard InChI is InChI=1S/C23H29N5/c24-13-5-9-19-10-6-14-25-23(19)22-12-3-4-16-27(22)18-20-8-1-2-11-21(20)28-17-7-15-26-28/h1-2,6-8,10-11,14-15,17,22H,3-5,9,12-13,16,18,24H2. The summed E-state index contributed by atoms with van der Waals surface area (Å²) in [5.41, 5.74) is 10.8. The molecule has 4 rings (SSSR count). The van der Waals surface area contributed by atoms with Crippen molar-refractivity contribution in [2.75, 3.05) is 13.1 Å². The third-order valence-electron chi connectivity index (χ3n) is 5.62. The summed E-state index contributed by atoms with van der Waals surface area (Å²) in [5, 5.41) is 4.44. The van der Waals surface area contributed by atoms with Crippen molar-refractivity contribution in [2.45, 2.75) is 44.7 Å². The zero-order valence-corrected chi connectivity index (χ0v) is 16.4. The van der Waals surface area contributed by atoms with Crippen molar-refractivity contribution in [1.29, 1.82) is 0 Å². The van der Waals surface area contributed by atoms with Gasteiger partial charge in [-0.1, -0.05) is 30.7 Å². The fraction of sp³-hybridized carbons (Fsp3) is 0.391. The van der Waals surface area contributed by atoms with E-state index >= 15 is 0 Å². The Morgan fingerprint density at radius 3 is 2.75 bits per heavy atom. The number of aryl methyl sites for hydroxylation is 1. The van der Waals surface area contributed by atoms with Crippen LogP contribution in [0.15, 0.2) is 61.1 Å². The molecule has 0 aliphatic carbocycles. The number of aromatic nitrogens is 3. The van der Waals surface area contributed by atoms with E-state index in [2.05, 4.69) is 46.4 Å². The van der Waals surface area contributed by atoms with E-state index in [1.807, 2.05) is 29.3 Å². The average molecular weight is 376 g/mol. The summed E-state index contributed by atoms with van der Waals surface area (Å²) in [7, 11) is 0. The highest BCUT2D eigenvalue weighted by Gasteiger charge is 2.27. The van der Waals surface area contributed by atoms with E-state index in [4.69, 9.17) is 10.7 Å². The molecule has 1 aliphatic heterocycles. The number of nitrogens with two attached hydrogens (primary N) is 1. The topological polar surface area (TPSA) is 60.0 Å². The maximum absolute atomic E-state index is 5.76. The van der Waals surface area contributed by atoms with E-state index in [0.29, 0.717) is 6.04 Å². The lowest BCUT2D eigenvalue weighted by Crippen LogP contribution is -2.34. The van der Waals surface area contributed by atoms with Gasteiger partial charge in [0.05, 0.1) is 17.4 Å². The molecule has 0 spiro atoms. The molecule has 2 N–H and O–H groups in total. The van der Waals surface area contributed by atoms with Crippen molar-refractivity contribution in [1.82, 2.24) is 19.7 Å². The molecule has 5 nitrogen and oxygen atoms in total. The third kappa shape index (κ3) is 4.16. The Bertz CT molecular complexity index is 874. The normalized spacial score (nSPS) is 17.7. The van der Waals surface area contributed by atoms with Crippen LogP contribution in [-0.4, -0.2) is 32.8 Å². The Labute approximate surface area is 167 Å². The molecule has 3 heterocycles. The Morgan fingerprint density at radius 2 is 1.89 bits per heavy atom. The molecule has 1 fully saturated rings. The molecular weight excluding hydrogens is 346 g/mol. The van der Waals surface area contributed by atoms with Crippen molar-refractivity contribution in [3.05, 3.63) is 77.9 Å². The largest absolute Gasteiger partial charge is 0.330 e. The smallest absolute Gasteiger partial charge is 0.0690 e. The SMILES string of the molecule is NCCCc1cccnc1C1CCCCN1Cc1ccccc1-n1cccn1. The lowest BCUT2D eigenvalue weighted by Gasteiger charge is -2.36. The molecule has 146 valence electrons. The zero-order chi connectivity index (χ0) is 19.2. The van der Waals surface area contributed by atoms with Crippen LogP contribution < -0.4 is 5.73 Å². The lowest BCUT2D eigenvalue weighted by molar-refractivity contribution is 0.136. The minimum Gasteiger partial charge on any atom is -0.330 e. The van der Waals surface area contributed by atoms with E-state index in [1.165, 1.54) is 29.7 Å². The summed E-state index contributed by atoms with van der Waals surface area (Å²) in [6, 6.07) is 15.2. The number of hydrogen-bond acceptors (Lipinski definition) is 4. The highest BCUT2D eigenvalue weighted by atomic mass is 15.3. The number of piperidine rings is 1. The van der Waals surface area contributed by atoms with E-state index in [-0.39, 0.29) is 0 Å². The molecular formula is C23H29N5. The second-order valence-electron chi connectivity index (χ2n) is 7.50. The van der Waals surface area contributed by atoms with Gasteiger partial charge in [0.25, 0.3) is 0 Å². The van der Waals surface area contributed by atoms with Crippen LogP contribution in [0.25, 0.3) is 5.69 Å². The molecule has 2 aromatic heterocycles. The van der Waals surface area contributed by atoms with Gasteiger partial charge in [0.2, 0.25) is 0 Å². The Kier molecular flexibility index (Phi) is 6.14. The van der Waals surface area contributed by atoms with E-state index in [9.17, 15) is 0 Å². The fourth-order valence-electron chi connectivity index (χ4n) is 4.24. The van der Waals surface area contributed by atoms with Gasteiger partial charge in [0.15, 0.2) is 0 Å². The first-order valence-corrected chi connectivity index (χ1v) is 10.3. The van der Waals surface area contributed by atoms with Crippen LogP contribution in [0.4, 0.5) is 0 Å². The maximum atomic E-state index is 5.76. The first-order chi connectivity index (χ1) is 13.9. The second-order valence-corrected chi connectivity index (χ2v) is 7.50. The van der Waals surface area contributed by atoms with Gasteiger partial charge in [0, 0.05) is 25.1 Å². The van der Waals surface area contributed by atoms with Crippen molar-refractivity contribution >= 4 is 0 Å². The molecule has 0 amide bonds. The highest BCUT2D eigenvalue weighted by molar-refractivity contribution is 5.40. The summed E-state index contributed by atoms with van der Waals surface area (Å²) < 4.78 is 1.96. The van der Waals surface area contributed by atoms with Gasteiger partial charge >= 0.3 is 0 Å². The molecule has 0 saturated carbocycles. The minimum atomic E-state index is 0.369. The summed E-state index contributed by atoms with van der Waals surface area (Å²) in [4.78, 5) is 7.42. The van der Waals surface area contributed by atoms with Crippen molar-refractivity contribution in [3.8, 4) is 5.69 Å². The van der Waals surface area contributed by atoms with Crippen LogP contribution in [0.2, 0.25) is 0 Å². The molecule has 28 heavy (non-hydrogen) atoms. The summed E-state index contributed by atoms with van der Waals surface area (Å²) in [6.07, 6.45) is 11.5. The van der Waals surface area contributed by atoms with Crippen molar-refractivity contribution in [2.24, 2.45) is 5.73 Å². The van der Waals surface area contributed by atoms with Crippen LogP contribution in [0.1, 0.15) is 48.5 Å². The molecule has 1 aliphatic rings. The fourth-order valence-corrected chi connectivity index (χ4v) is 4.24. The van der Waals surface area contributed by atoms with Gasteiger partial charge in [-0.25, -0.2) is 4.68 Å².